The number of halogens is 1. The summed E-state index contributed by atoms with van der Waals surface area (Å²) in [5, 5.41) is 6.10. The Balaban J connectivity index is 1.92. The number of nitrogens with zero attached hydrogens (tertiary/aromatic N) is 1. The van der Waals surface area contributed by atoms with Crippen molar-refractivity contribution in [1.82, 2.24) is 10.1 Å². The number of H-pyrrole nitrogens is 1. The number of hydrogen-bond donors (Lipinski definition) is 2. The van der Waals surface area contributed by atoms with Crippen LogP contribution in [-0.4, -0.2) is 28.1 Å². The molecule has 0 saturated heterocycles. The molecule has 2 aromatic heterocycles. The summed E-state index contributed by atoms with van der Waals surface area (Å²) in [6.07, 6.45) is 0.640. The number of aromatic nitrogens is 2. The van der Waals surface area contributed by atoms with Crippen LogP contribution < -0.4 is 5.32 Å². The third-order valence-electron chi connectivity index (χ3n) is 2.40. The second-order valence-corrected chi connectivity index (χ2v) is 5.01. The summed E-state index contributed by atoms with van der Waals surface area (Å²) < 4.78 is 10.6. The predicted octanol–water partition coefficient (Wildman–Crippen LogP) is 2.26. The molecule has 1 atom stereocenters. The SMILES string of the molecule is Cc1cc(NC(=O)C(C)OC(=O)c2cc(Br)c[nH]2)no1. The highest BCUT2D eigenvalue weighted by Gasteiger charge is 2.20. The molecule has 0 fully saturated rings. The molecule has 0 aliphatic carbocycles. The topological polar surface area (TPSA) is 97.2 Å². The summed E-state index contributed by atoms with van der Waals surface area (Å²) in [5.74, 6) is -0.258. The second kappa shape index (κ2) is 5.91. The molecule has 0 radical (unpaired) electrons. The van der Waals surface area contributed by atoms with Gasteiger partial charge in [0.2, 0.25) is 0 Å². The first-order chi connectivity index (χ1) is 9.45. The number of anilines is 1. The highest BCUT2D eigenvalue weighted by atomic mass is 79.9. The van der Waals surface area contributed by atoms with E-state index in [1.165, 1.54) is 6.92 Å². The summed E-state index contributed by atoms with van der Waals surface area (Å²) >= 11 is 3.21. The van der Waals surface area contributed by atoms with Crippen LogP contribution >= 0.6 is 15.9 Å². The lowest BCUT2D eigenvalue weighted by molar-refractivity contribution is -0.123. The molecule has 2 heterocycles. The smallest absolute Gasteiger partial charge is 0.355 e. The Morgan fingerprint density at radius 3 is 2.80 bits per heavy atom. The van der Waals surface area contributed by atoms with Gasteiger partial charge in [0.05, 0.1) is 0 Å². The van der Waals surface area contributed by atoms with Crippen LogP contribution in [-0.2, 0) is 9.53 Å². The first-order valence-electron chi connectivity index (χ1n) is 5.75. The largest absolute Gasteiger partial charge is 0.448 e. The molecule has 2 rings (SSSR count). The van der Waals surface area contributed by atoms with Gasteiger partial charge in [0, 0.05) is 16.7 Å². The van der Waals surface area contributed by atoms with E-state index in [4.69, 9.17) is 9.26 Å². The maximum Gasteiger partial charge on any atom is 0.355 e. The summed E-state index contributed by atoms with van der Waals surface area (Å²) in [7, 11) is 0. The van der Waals surface area contributed by atoms with Gasteiger partial charge in [-0.3, -0.25) is 4.79 Å². The summed E-state index contributed by atoms with van der Waals surface area (Å²) in [6.45, 7) is 3.17. The predicted molar refractivity (Wildman–Crippen MR) is 73.2 cm³/mol. The Morgan fingerprint density at radius 2 is 2.25 bits per heavy atom. The maximum absolute atomic E-state index is 11.8. The number of nitrogens with one attached hydrogen (secondary N) is 2. The van der Waals surface area contributed by atoms with Crippen molar-refractivity contribution in [2.24, 2.45) is 0 Å². The van der Waals surface area contributed by atoms with Gasteiger partial charge in [-0.15, -0.1) is 0 Å². The zero-order valence-electron chi connectivity index (χ0n) is 10.8. The molecule has 8 heteroatoms. The number of carbonyl (C=O) groups is 2. The van der Waals surface area contributed by atoms with Gasteiger partial charge >= 0.3 is 5.97 Å². The molecule has 0 bridgehead atoms. The van der Waals surface area contributed by atoms with Crippen molar-refractivity contribution in [3.8, 4) is 0 Å². The monoisotopic (exact) mass is 341 g/mol. The van der Waals surface area contributed by atoms with Crippen LogP contribution in [0.5, 0.6) is 0 Å². The molecule has 0 aliphatic heterocycles. The molecule has 20 heavy (non-hydrogen) atoms. The van der Waals surface area contributed by atoms with Crippen molar-refractivity contribution in [3.05, 3.63) is 34.3 Å². The highest BCUT2D eigenvalue weighted by molar-refractivity contribution is 9.10. The maximum atomic E-state index is 11.8. The third-order valence-corrected chi connectivity index (χ3v) is 2.86. The first-order valence-corrected chi connectivity index (χ1v) is 6.54. The molecule has 0 spiro atoms. The van der Waals surface area contributed by atoms with E-state index in [1.54, 1.807) is 25.3 Å². The Hall–Kier alpha value is -2.09. The second-order valence-electron chi connectivity index (χ2n) is 4.09. The standard InChI is InChI=1S/C12H12BrN3O4/c1-6-3-10(16-20-6)15-11(17)7(2)19-12(18)9-4-8(13)5-14-9/h3-5,7,14H,1-2H3,(H,15,16,17). The average molecular weight is 342 g/mol. The molecule has 7 nitrogen and oxygen atoms in total. The molecule has 1 unspecified atom stereocenters. The first kappa shape index (κ1) is 14.3. The number of aromatic amines is 1. The third kappa shape index (κ3) is 3.47. The number of carbonyl (C=O) groups excluding carboxylic acids is 2. The minimum atomic E-state index is -0.957. The van der Waals surface area contributed by atoms with Crippen molar-refractivity contribution >= 4 is 33.6 Å². The number of hydrogen-bond acceptors (Lipinski definition) is 5. The van der Waals surface area contributed by atoms with Gasteiger partial charge < -0.3 is 19.6 Å². The molecule has 106 valence electrons. The lowest BCUT2D eigenvalue weighted by Gasteiger charge is -2.11. The minimum Gasteiger partial charge on any atom is -0.448 e. The average Bonchev–Trinajstić information content (AvgIpc) is 2.98. The fraction of sp³-hybridized carbons (Fsp3) is 0.250. The van der Waals surface area contributed by atoms with Gasteiger partial charge in [-0.1, -0.05) is 5.16 Å². The minimum absolute atomic E-state index is 0.258. The van der Waals surface area contributed by atoms with E-state index < -0.39 is 18.0 Å². The van der Waals surface area contributed by atoms with Crippen LogP contribution in [0.15, 0.2) is 27.3 Å². The quantitative estimate of drug-likeness (QED) is 0.831. The summed E-state index contributed by atoms with van der Waals surface area (Å²) in [6, 6.07) is 3.13. The Kier molecular flexibility index (Phi) is 4.23. The van der Waals surface area contributed by atoms with Crippen molar-refractivity contribution in [1.29, 1.82) is 0 Å². The Bertz CT molecular complexity index is 634. The number of amides is 1. The van der Waals surface area contributed by atoms with Crippen LogP contribution in [0.3, 0.4) is 0 Å². The molecule has 0 aromatic carbocycles. The van der Waals surface area contributed by atoms with Crippen LogP contribution in [0.1, 0.15) is 23.2 Å². The normalized spacial score (nSPS) is 11.9. The molecule has 2 N–H and O–H groups in total. The number of rotatable bonds is 4. The fourth-order valence-corrected chi connectivity index (χ4v) is 1.76. The van der Waals surface area contributed by atoms with Gasteiger partial charge in [0.25, 0.3) is 5.91 Å². The molecule has 2 aromatic rings. The number of ether oxygens (including phenoxy) is 1. The number of aryl methyl sites for hydroxylation is 1. The molecule has 0 aliphatic rings. The molecular weight excluding hydrogens is 330 g/mol. The molecule has 1 amide bonds. The van der Waals surface area contributed by atoms with Gasteiger partial charge in [-0.25, -0.2) is 4.79 Å². The van der Waals surface area contributed by atoms with Crippen molar-refractivity contribution in [2.75, 3.05) is 5.32 Å². The van der Waals surface area contributed by atoms with Gasteiger partial charge in [-0.2, -0.15) is 0 Å². The summed E-state index contributed by atoms with van der Waals surface area (Å²) in [5.41, 5.74) is 0.258. The molecule has 0 saturated carbocycles. The van der Waals surface area contributed by atoms with E-state index in [0.29, 0.717) is 5.76 Å². The van der Waals surface area contributed by atoms with Gasteiger partial charge in [-0.05, 0) is 35.8 Å². The van der Waals surface area contributed by atoms with E-state index in [1.807, 2.05) is 0 Å². The zero-order chi connectivity index (χ0) is 14.7. The zero-order valence-corrected chi connectivity index (χ0v) is 12.4. The summed E-state index contributed by atoms with van der Waals surface area (Å²) in [4.78, 5) is 26.3. The van der Waals surface area contributed by atoms with Crippen molar-refractivity contribution in [2.45, 2.75) is 20.0 Å². The van der Waals surface area contributed by atoms with Crippen LogP contribution in [0, 0.1) is 6.92 Å². The van der Waals surface area contributed by atoms with Gasteiger partial charge in [0.1, 0.15) is 11.5 Å². The van der Waals surface area contributed by atoms with Crippen molar-refractivity contribution < 1.29 is 18.8 Å². The van der Waals surface area contributed by atoms with Crippen LogP contribution in [0.4, 0.5) is 5.82 Å². The van der Waals surface area contributed by atoms with E-state index in [0.717, 1.165) is 4.47 Å². The van der Waals surface area contributed by atoms with E-state index in [-0.39, 0.29) is 11.5 Å². The van der Waals surface area contributed by atoms with E-state index >= 15 is 0 Å². The van der Waals surface area contributed by atoms with E-state index in [2.05, 4.69) is 31.4 Å². The van der Waals surface area contributed by atoms with Crippen LogP contribution in [0.25, 0.3) is 0 Å². The number of esters is 1. The van der Waals surface area contributed by atoms with Crippen molar-refractivity contribution in [3.63, 3.8) is 0 Å². The Morgan fingerprint density at radius 1 is 1.50 bits per heavy atom. The lowest BCUT2D eigenvalue weighted by Crippen LogP contribution is -2.30. The van der Waals surface area contributed by atoms with Crippen LogP contribution in [0.2, 0.25) is 0 Å². The highest BCUT2D eigenvalue weighted by Crippen LogP contribution is 2.13. The fourth-order valence-electron chi connectivity index (χ4n) is 1.42. The van der Waals surface area contributed by atoms with E-state index in [9.17, 15) is 9.59 Å². The van der Waals surface area contributed by atoms with Gasteiger partial charge in [0.15, 0.2) is 11.9 Å². The molecular formula is C12H12BrN3O4. The Labute approximate surface area is 122 Å². The lowest BCUT2D eigenvalue weighted by atomic mass is 10.3.